The second-order valence-corrected chi connectivity index (χ2v) is 4.49. The van der Waals surface area contributed by atoms with Gasteiger partial charge in [-0.25, -0.2) is 0 Å². The van der Waals surface area contributed by atoms with E-state index in [1.54, 1.807) is 36.4 Å². The van der Waals surface area contributed by atoms with Gasteiger partial charge >= 0.3 is 0 Å². The molecule has 0 saturated carbocycles. The number of anilines is 3. The maximum Gasteiger partial charge on any atom is 0.101 e. The van der Waals surface area contributed by atoms with Crippen LogP contribution in [0.4, 0.5) is 17.1 Å². The lowest BCUT2D eigenvalue weighted by atomic mass is 10.1. The van der Waals surface area contributed by atoms with Crippen LogP contribution >= 0.6 is 23.2 Å². The summed E-state index contributed by atoms with van der Waals surface area (Å²) in [5.41, 5.74) is 8.07. The van der Waals surface area contributed by atoms with E-state index < -0.39 is 0 Å². The molecule has 5 heteroatoms. The van der Waals surface area contributed by atoms with Gasteiger partial charge in [-0.2, -0.15) is 5.26 Å². The van der Waals surface area contributed by atoms with Gasteiger partial charge in [-0.1, -0.05) is 23.2 Å². The molecular formula is C13H9Cl2N3. The molecule has 0 saturated heterocycles. The van der Waals surface area contributed by atoms with Gasteiger partial charge in [0.05, 0.1) is 21.3 Å². The van der Waals surface area contributed by atoms with Crippen LogP contribution in [0, 0.1) is 11.3 Å². The van der Waals surface area contributed by atoms with Crippen LogP contribution in [0.25, 0.3) is 0 Å². The molecule has 0 atom stereocenters. The summed E-state index contributed by atoms with van der Waals surface area (Å²) in [5.74, 6) is 0. The highest BCUT2D eigenvalue weighted by Crippen LogP contribution is 2.28. The second kappa shape index (κ2) is 5.18. The van der Waals surface area contributed by atoms with Crippen LogP contribution in [0.15, 0.2) is 36.4 Å². The van der Waals surface area contributed by atoms with Crippen molar-refractivity contribution in [2.75, 3.05) is 11.1 Å². The Morgan fingerprint density at radius 1 is 1.06 bits per heavy atom. The average Bonchev–Trinajstić information content (AvgIpc) is 2.36. The third-order valence-electron chi connectivity index (χ3n) is 2.36. The van der Waals surface area contributed by atoms with Crippen molar-refractivity contribution in [3.8, 4) is 6.07 Å². The number of rotatable bonds is 2. The third-order valence-corrected chi connectivity index (χ3v) is 3.10. The van der Waals surface area contributed by atoms with Crippen LogP contribution in [0.1, 0.15) is 5.56 Å². The number of benzene rings is 2. The minimum Gasteiger partial charge on any atom is -0.399 e. The topological polar surface area (TPSA) is 61.8 Å². The van der Waals surface area contributed by atoms with Crippen molar-refractivity contribution in [2.45, 2.75) is 0 Å². The van der Waals surface area contributed by atoms with Crippen LogP contribution in [0.5, 0.6) is 0 Å². The molecule has 0 fully saturated rings. The highest BCUT2D eigenvalue weighted by atomic mass is 35.5. The van der Waals surface area contributed by atoms with Crippen molar-refractivity contribution in [1.82, 2.24) is 0 Å². The van der Waals surface area contributed by atoms with E-state index in [1.165, 1.54) is 0 Å². The molecule has 0 aliphatic rings. The van der Waals surface area contributed by atoms with Crippen LogP contribution in [0.2, 0.25) is 10.0 Å². The smallest absolute Gasteiger partial charge is 0.101 e. The number of halogens is 2. The van der Waals surface area contributed by atoms with E-state index >= 15 is 0 Å². The zero-order valence-electron chi connectivity index (χ0n) is 9.24. The summed E-state index contributed by atoms with van der Waals surface area (Å²) in [4.78, 5) is 0. The molecule has 2 aromatic carbocycles. The molecule has 0 unspecified atom stereocenters. The van der Waals surface area contributed by atoms with Gasteiger partial charge in [0.25, 0.3) is 0 Å². The minimum atomic E-state index is 0.454. The maximum atomic E-state index is 9.03. The molecule has 90 valence electrons. The van der Waals surface area contributed by atoms with Crippen molar-refractivity contribution in [3.63, 3.8) is 0 Å². The monoisotopic (exact) mass is 277 g/mol. The van der Waals surface area contributed by atoms with E-state index in [0.29, 0.717) is 27.0 Å². The van der Waals surface area contributed by atoms with Crippen LogP contribution in [0.3, 0.4) is 0 Å². The van der Waals surface area contributed by atoms with Crippen molar-refractivity contribution in [3.05, 3.63) is 52.0 Å². The number of nitrogens with zero attached hydrogens (tertiary/aromatic N) is 1. The molecule has 0 radical (unpaired) electrons. The summed E-state index contributed by atoms with van der Waals surface area (Å²) in [6.45, 7) is 0. The molecule has 0 heterocycles. The van der Waals surface area contributed by atoms with E-state index in [9.17, 15) is 0 Å². The average molecular weight is 278 g/mol. The van der Waals surface area contributed by atoms with Gasteiger partial charge in [-0.3, -0.25) is 0 Å². The molecule has 0 aliphatic heterocycles. The molecular weight excluding hydrogens is 269 g/mol. The molecule has 0 spiro atoms. The van der Waals surface area contributed by atoms with Crippen LogP contribution in [-0.4, -0.2) is 0 Å². The van der Waals surface area contributed by atoms with E-state index in [0.717, 1.165) is 5.69 Å². The first-order valence-electron chi connectivity index (χ1n) is 5.12. The van der Waals surface area contributed by atoms with Crippen molar-refractivity contribution >= 4 is 40.3 Å². The first kappa shape index (κ1) is 12.6. The number of nitrogens with two attached hydrogens (primary N) is 1. The van der Waals surface area contributed by atoms with Crippen molar-refractivity contribution < 1.29 is 0 Å². The lowest BCUT2D eigenvalue weighted by Gasteiger charge is -2.09. The number of hydrogen-bond donors (Lipinski definition) is 2. The summed E-state index contributed by atoms with van der Waals surface area (Å²) in [6, 6.07) is 12.3. The zero-order chi connectivity index (χ0) is 13.1. The molecule has 18 heavy (non-hydrogen) atoms. The Labute approximate surface area is 115 Å². The van der Waals surface area contributed by atoms with E-state index in [1.807, 2.05) is 0 Å². The van der Waals surface area contributed by atoms with Gasteiger partial charge in [0, 0.05) is 11.4 Å². The molecule has 0 aliphatic carbocycles. The van der Waals surface area contributed by atoms with E-state index in [4.69, 9.17) is 34.2 Å². The number of hydrogen-bond acceptors (Lipinski definition) is 3. The molecule has 0 amide bonds. The van der Waals surface area contributed by atoms with Gasteiger partial charge in [0.2, 0.25) is 0 Å². The van der Waals surface area contributed by atoms with Gasteiger partial charge in [0.15, 0.2) is 0 Å². The van der Waals surface area contributed by atoms with E-state index in [2.05, 4.69) is 11.4 Å². The fourth-order valence-corrected chi connectivity index (χ4v) is 1.79. The molecule has 2 rings (SSSR count). The Morgan fingerprint density at radius 3 is 2.50 bits per heavy atom. The van der Waals surface area contributed by atoms with E-state index in [-0.39, 0.29) is 0 Å². The standard InChI is InChI=1S/C13H9Cl2N3/c14-11-3-2-10(6-12(11)15)18-13-4-1-9(17)5-8(13)7-16/h1-6,18H,17H2. The van der Waals surface area contributed by atoms with Gasteiger partial charge in [-0.05, 0) is 36.4 Å². The third kappa shape index (κ3) is 2.67. The second-order valence-electron chi connectivity index (χ2n) is 3.67. The SMILES string of the molecule is N#Cc1cc(N)ccc1Nc1ccc(Cl)c(Cl)c1. The highest BCUT2D eigenvalue weighted by Gasteiger charge is 2.04. The van der Waals surface area contributed by atoms with Gasteiger partial charge < -0.3 is 11.1 Å². The summed E-state index contributed by atoms with van der Waals surface area (Å²) >= 11 is 11.8. The first-order valence-corrected chi connectivity index (χ1v) is 5.87. The predicted octanol–water partition coefficient (Wildman–Crippen LogP) is 4.19. The summed E-state index contributed by atoms with van der Waals surface area (Å²) < 4.78 is 0. The molecule has 0 bridgehead atoms. The normalized spacial score (nSPS) is 9.83. The quantitative estimate of drug-likeness (QED) is 0.809. The lowest BCUT2D eigenvalue weighted by molar-refractivity contribution is 1.46. The lowest BCUT2D eigenvalue weighted by Crippen LogP contribution is -1.95. The van der Waals surface area contributed by atoms with Crippen molar-refractivity contribution in [1.29, 1.82) is 5.26 Å². The van der Waals surface area contributed by atoms with Crippen LogP contribution in [-0.2, 0) is 0 Å². The highest BCUT2D eigenvalue weighted by molar-refractivity contribution is 6.42. The Hall–Kier alpha value is -1.89. The molecule has 3 N–H and O–H groups in total. The first-order chi connectivity index (χ1) is 8.60. The molecule has 0 aromatic heterocycles. The predicted molar refractivity (Wildman–Crippen MR) is 75.3 cm³/mol. The fraction of sp³-hybridized carbons (Fsp3) is 0. The summed E-state index contributed by atoms with van der Waals surface area (Å²) in [7, 11) is 0. The fourth-order valence-electron chi connectivity index (χ4n) is 1.49. The van der Waals surface area contributed by atoms with Crippen LogP contribution < -0.4 is 11.1 Å². The Bertz CT molecular complexity index is 633. The summed E-state index contributed by atoms with van der Waals surface area (Å²) in [5, 5.41) is 13.1. The minimum absolute atomic E-state index is 0.454. The Kier molecular flexibility index (Phi) is 3.61. The maximum absolute atomic E-state index is 9.03. The number of nitriles is 1. The summed E-state index contributed by atoms with van der Waals surface area (Å²) in [6.07, 6.45) is 0. The van der Waals surface area contributed by atoms with Gasteiger partial charge in [-0.15, -0.1) is 0 Å². The Morgan fingerprint density at radius 2 is 1.83 bits per heavy atom. The molecule has 3 nitrogen and oxygen atoms in total. The molecule has 2 aromatic rings. The largest absolute Gasteiger partial charge is 0.399 e. The van der Waals surface area contributed by atoms with Crippen molar-refractivity contribution in [2.24, 2.45) is 0 Å². The Balaban J connectivity index is 2.34. The number of nitrogen functional groups attached to an aromatic ring is 1. The zero-order valence-corrected chi connectivity index (χ0v) is 10.8. The number of nitrogens with one attached hydrogen (secondary N) is 1. The van der Waals surface area contributed by atoms with Gasteiger partial charge in [0.1, 0.15) is 6.07 Å².